The normalized spacial score (nSPS) is 9.40. The molecule has 0 aliphatic rings. The van der Waals surface area contributed by atoms with E-state index < -0.39 is 0 Å². The van der Waals surface area contributed by atoms with Crippen molar-refractivity contribution in [2.45, 2.75) is 46.0 Å². The highest BCUT2D eigenvalue weighted by Gasteiger charge is 2.14. The molecule has 0 saturated carbocycles. The Kier molecular flexibility index (Phi) is 6.46. The summed E-state index contributed by atoms with van der Waals surface area (Å²) in [5.74, 6) is 1.67. The smallest absolute Gasteiger partial charge is 0.0989 e. The Bertz CT molecular complexity index is 68.1. The van der Waals surface area contributed by atoms with E-state index in [1.165, 1.54) is 25.7 Å². The number of allylic oxidation sites excluding steroid dienone is 1. The maximum Gasteiger partial charge on any atom is 0.108 e. The monoisotopic (exact) mass is 139 g/mol. The minimum atomic E-state index is 1.13. The van der Waals surface area contributed by atoms with Crippen molar-refractivity contribution in [3.63, 3.8) is 0 Å². The highest BCUT2D eigenvalue weighted by atomic mass is 14.1. The average molecular weight is 139 g/mol. The zero-order valence-corrected chi connectivity index (χ0v) is 7.32. The van der Waals surface area contributed by atoms with Gasteiger partial charge in [0.15, 0.2) is 0 Å². The van der Waals surface area contributed by atoms with Crippen molar-refractivity contribution in [1.29, 1.82) is 0 Å². The Balaban J connectivity index is 3.38. The molecular formula is C10H19+. The molecule has 58 valence electrons. The first-order chi connectivity index (χ1) is 4.85. The van der Waals surface area contributed by atoms with Gasteiger partial charge in [-0.1, -0.05) is 20.4 Å². The summed E-state index contributed by atoms with van der Waals surface area (Å²) >= 11 is 0. The summed E-state index contributed by atoms with van der Waals surface area (Å²) in [4.78, 5) is 0. The molecule has 0 amide bonds. The Hall–Kier alpha value is -0.390. The van der Waals surface area contributed by atoms with Gasteiger partial charge in [-0.2, -0.15) is 0 Å². The van der Waals surface area contributed by atoms with Crippen LogP contribution in [0.15, 0.2) is 12.7 Å². The minimum Gasteiger partial charge on any atom is -0.0989 e. The maximum atomic E-state index is 3.74. The Morgan fingerprint density at radius 1 is 1.20 bits per heavy atom. The fourth-order valence-corrected chi connectivity index (χ4v) is 1.24. The van der Waals surface area contributed by atoms with E-state index in [1.807, 2.05) is 6.08 Å². The summed E-state index contributed by atoms with van der Waals surface area (Å²) in [5.41, 5.74) is 0. The lowest BCUT2D eigenvalue weighted by Gasteiger charge is -1.99. The van der Waals surface area contributed by atoms with Crippen molar-refractivity contribution in [1.82, 2.24) is 0 Å². The van der Waals surface area contributed by atoms with E-state index in [4.69, 9.17) is 0 Å². The predicted octanol–water partition coefficient (Wildman–Crippen LogP) is 3.74. The highest BCUT2D eigenvalue weighted by Crippen LogP contribution is 2.19. The fraction of sp³-hybridized carbons (Fsp3) is 0.700. The van der Waals surface area contributed by atoms with Crippen molar-refractivity contribution in [2.75, 3.05) is 0 Å². The van der Waals surface area contributed by atoms with Crippen molar-refractivity contribution in [2.24, 2.45) is 0 Å². The van der Waals surface area contributed by atoms with Crippen LogP contribution in [-0.2, 0) is 0 Å². The standard InChI is InChI=1S/C10H19/c1-4-7-10(8-5-2)9-6-3/h4H,1,5-9H2,2-3H3/q+1. The van der Waals surface area contributed by atoms with Gasteiger partial charge in [0.1, 0.15) is 6.42 Å². The van der Waals surface area contributed by atoms with Crippen LogP contribution in [0.5, 0.6) is 0 Å². The van der Waals surface area contributed by atoms with Gasteiger partial charge >= 0.3 is 0 Å². The molecule has 0 bridgehead atoms. The quantitative estimate of drug-likeness (QED) is 0.388. The SMILES string of the molecule is C=CC[C+](CCC)CCC. The second-order valence-corrected chi connectivity index (χ2v) is 2.74. The van der Waals surface area contributed by atoms with Gasteiger partial charge in [0.25, 0.3) is 0 Å². The zero-order valence-electron chi connectivity index (χ0n) is 7.32. The van der Waals surface area contributed by atoms with E-state index in [0.717, 1.165) is 6.42 Å². The van der Waals surface area contributed by atoms with Crippen LogP contribution in [0.4, 0.5) is 0 Å². The molecule has 0 aromatic heterocycles. The first kappa shape index (κ1) is 9.61. The van der Waals surface area contributed by atoms with E-state index in [9.17, 15) is 0 Å². The van der Waals surface area contributed by atoms with Gasteiger partial charge in [-0.25, -0.2) is 0 Å². The molecule has 0 aliphatic heterocycles. The molecule has 0 aromatic carbocycles. The van der Waals surface area contributed by atoms with Gasteiger partial charge in [-0.3, -0.25) is 0 Å². The third-order valence-corrected chi connectivity index (χ3v) is 1.64. The molecule has 0 spiro atoms. The van der Waals surface area contributed by atoms with Crippen LogP contribution in [-0.4, -0.2) is 0 Å². The van der Waals surface area contributed by atoms with Crippen LogP contribution in [0, 0.1) is 5.92 Å². The number of rotatable bonds is 6. The Morgan fingerprint density at radius 2 is 1.70 bits per heavy atom. The lowest BCUT2D eigenvalue weighted by atomic mass is 9.95. The van der Waals surface area contributed by atoms with Crippen LogP contribution in [0.2, 0.25) is 0 Å². The molecule has 0 atom stereocenters. The topological polar surface area (TPSA) is 0 Å². The first-order valence-electron chi connectivity index (χ1n) is 4.29. The van der Waals surface area contributed by atoms with Gasteiger partial charge < -0.3 is 0 Å². The molecule has 0 nitrogen and oxygen atoms in total. The van der Waals surface area contributed by atoms with E-state index in [0.29, 0.717) is 0 Å². The van der Waals surface area contributed by atoms with Gasteiger partial charge in [-0.05, 0) is 18.9 Å². The van der Waals surface area contributed by atoms with Crippen LogP contribution in [0.3, 0.4) is 0 Å². The molecule has 0 saturated heterocycles. The zero-order chi connectivity index (χ0) is 7.82. The molecule has 0 unspecified atom stereocenters. The second-order valence-electron chi connectivity index (χ2n) is 2.74. The number of hydrogen-bond donors (Lipinski definition) is 0. The Morgan fingerprint density at radius 3 is 2.00 bits per heavy atom. The molecule has 0 N–H and O–H groups in total. The van der Waals surface area contributed by atoms with E-state index in [2.05, 4.69) is 20.4 Å². The molecule has 0 heterocycles. The lowest BCUT2D eigenvalue weighted by Crippen LogP contribution is -1.94. The van der Waals surface area contributed by atoms with Crippen LogP contribution in [0.1, 0.15) is 46.0 Å². The summed E-state index contributed by atoms with van der Waals surface area (Å²) < 4.78 is 0. The van der Waals surface area contributed by atoms with Gasteiger partial charge in [0.05, 0.1) is 18.8 Å². The lowest BCUT2D eigenvalue weighted by molar-refractivity contribution is 0.670. The highest BCUT2D eigenvalue weighted by molar-refractivity contribution is 4.94. The van der Waals surface area contributed by atoms with Gasteiger partial charge in [0.2, 0.25) is 0 Å². The molecule has 0 aliphatic carbocycles. The van der Waals surface area contributed by atoms with Crippen molar-refractivity contribution in [3.8, 4) is 0 Å². The summed E-state index contributed by atoms with van der Waals surface area (Å²) in [6, 6.07) is 0. The Labute approximate surface area is 65.3 Å². The first-order valence-corrected chi connectivity index (χ1v) is 4.29. The van der Waals surface area contributed by atoms with Crippen LogP contribution >= 0.6 is 0 Å². The summed E-state index contributed by atoms with van der Waals surface area (Å²) in [6.45, 7) is 8.21. The molecule has 0 fully saturated rings. The van der Waals surface area contributed by atoms with Crippen LogP contribution < -0.4 is 0 Å². The van der Waals surface area contributed by atoms with E-state index in [-0.39, 0.29) is 0 Å². The summed E-state index contributed by atoms with van der Waals surface area (Å²) in [7, 11) is 0. The van der Waals surface area contributed by atoms with Crippen molar-refractivity contribution >= 4 is 0 Å². The summed E-state index contributed by atoms with van der Waals surface area (Å²) in [5, 5.41) is 0. The second kappa shape index (κ2) is 6.73. The minimum absolute atomic E-state index is 1.13. The molecular weight excluding hydrogens is 120 g/mol. The summed E-state index contributed by atoms with van der Waals surface area (Å²) in [6.07, 6.45) is 8.29. The third kappa shape index (κ3) is 4.49. The number of hydrogen-bond acceptors (Lipinski definition) is 0. The maximum absolute atomic E-state index is 3.74. The van der Waals surface area contributed by atoms with Crippen LogP contribution in [0.25, 0.3) is 0 Å². The third-order valence-electron chi connectivity index (χ3n) is 1.64. The fourth-order valence-electron chi connectivity index (χ4n) is 1.24. The van der Waals surface area contributed by atoms with E-state index >= 15 is 0 Å². The average Bonchev–Trinajstić information content (AvgIpc) is 1.90. The van der Waals surface area contributed by atoms with Gasteiger partial charge in [-0.15, -0.1) is 0 Å². The molecule has 0 rings (SSSR count). The van der Waals surface area contributed by atoms with Gasteiger partial charge in [0, 0.05) is 0 Å². The molecule has 10 heavy (non-hydrogen) atoms. The molecule has 0 heteroatoms. The predicted molar refractivity (Wildman–Crippen MR) is 47.9 cm³/mol. The molecule has 0 aromatic rings. The van der Waals surface area contributed by atoms with Crippen molar-refractivity contribution in [3.05, 3.63) is 18.6 Å². The molecule has 0 radical (unpaired) electrons. The largest absolute Gasteiger partial charge is 0.108 e. The van der Waals surface area contributed by atoms with E-state index in [1.54, 1.807) is 5.92 Å². The van der Waals surface area contributed by atoms with Crippen molar-refractivity contribution < 1.29 is 0 Å².